The van der Waals surface area contributed by atoms with Gasteiger partial charge in [0.1, 0.15) is 0 Å². The summed E-state index contributed by atoms with van der Waals surface area (Å²) in [5.41, 5.74) is 10.9. The summed E-state index contributed by atoms with van der Waals surface area (Å²) in [7, 11) is 0. The molecule has 1 aliphatic heterocycles. The van der Waals surface area contributed by atoms with Crippen LogP contribution in [0.1, 0.15) is 68.6 Å². The number of amides is 1. The Kier molecular flexibility index (Phi) is 6.30. The van der Waals surface area contributed by atoms with Crippen LogP contribution in [0.15, 0.2) is 71.0 Å². The number of hydrogen-bond donors (Lipinski definition) is 0. The molecule has 0 N–H and O–H groups in total. The fourth-order valence-corrected chi connectivity index (χ4v) is 4.40. The van der Waals surface area contributed by atoms with Gasteiger partial charge < -0.3 is 0 Å². The summed E-state index contributed by atoms with van der Waals surface area (Å²) in [4.78, 5) is 12.4. The monoisotopic (exact) mass is 398 g/mol. The van der Waals surface area contributed by atoms with Crippen LogP contribution >= 0.6 is 0 Å². The summed E-state index contributed by atoms with van der Waals surface area (Å²) in [5, 5.41) is 6.40. The third-order valence-corrected chi connectivity index (χ3v) is 6.06. The van der Waals surface area contributed by atoms with Crippen molar-refractivity contribution < 1.29 is 4.79 Å². The first-order valence-electron chi connectivity index (χ1n) is 11.1. The second-order valence-electron chi connectivity index (χ2n) is 8.47. The molecule has 154 valence electrons. The van der Waals surface area contributed by atoms with Crippen LogP contribution in [0.5, 0.6) is 0 Å². The van der Waals surface area contributed by atoms with Crippen molar-refractivity contribution in [2.24, 2.45) is 5.10 Å². The van der Waals surface area contributed by atoms with E-state index in [0.717, 1.165) is 37.0 Å². The Morgan fingerprint density at radius 3 is 2.40 bits per heavy atom. The first-order chi connectivity index (χ1) is 14.6. The molecule has 4 rings (SSSR count). The zero-order valence-corrected chi connectivity index (χ0v) is 18.0. The number of hydrogen-bond acceptors (Lipinski definition) is 2. The second kappa shape index (κ2) is 9.28. The van der Waals surface area contributed by atoms with Gasteiger partial charge >= 0.3 is 0 Å². The minimum Gasteiger partial charge on any atom is -0.273 e. The molecule has 0 radical (unpaired) electrons. The van der Waals surface area contributed by atoms with E-state index in [2.05, 4.69) is 61.2 Å². The largest absolute Gasteiger partial charge is 0.273 e. The maximum atomic E-state index is 12.4. The van der Waals surface area contributed by atoms with E-state index < -0.39 is 0 Å². The van der Waals surface area contributed by atoms with Crippen molar-refractivity contribution in [2.75, 3.05) is 0 Å². The Morgan fingerprint density at radius 2 is 1.73 bits per heavy atom. The van der Waals surface area contributed by atoms with Crippen molar-refractivity contribution in [3.63, 3.8) is 0 Å². The number of hydrazone groups is 1. The second-order valence-corrected chi connectivity index (χ2v) is 8.47. The molecule has 0 aromatic heterocycles. The molecule has 1 unspecified atom stereocenters. The van der Waals surface area contributed by atoms with Crippen molar-refractivity contribution in [2.45, 2.75) is 64.8 Å². The summed E-state index contributed by atoms with van der Waals surface area (Å²) >= 11 is 0. The molecule has 30 heavy (non-hydrogen) atoms. The molecule has 2 aliphatic rings. The Morgan fingerprint density at radius 1 is 1.03 bits per heavy atom. The fraction of sp³-hybridized carbons (Fsp3) is 0.370. The van der Waals surface area contributed by atoms with Crippen molar-refractivity contribution in [3.05, 3.63) is 82.6 Å². The molecule has 0 saturated heterocycles. The lowest BCUT2D eigenvalue weighted by Gasteiger charge is -2.21. The highest BCUT2D eigenvalue weighted by molar-refractivity contribution is 6.03. The van der Waals surface area contributed by atoms with E-state index in [1.54, 1.807) is 11.9 Å². The highest BCUT2D eigenvalue weighted by atomic mass is 16.2. The van der Waals surface area contributed by atoms with Gasteiger partial charge in [-0.2, -0.15) is 5.10 Å². The lowest BCUT2D eigenvalue weighted by atomic mass is 9.91. The van der Waals surface area contributed by atoms with Gasteiger partial charge in [-0.3, -0.25) is 4.79 Å². The van der Waals surface area contributed by atoms with Crippen LogP contribution in [-0.4, -0.2) is 22.7 Å². The SMILES string of the molecule is CC(=O)N1N=C(c2ccc(C)cc2)CC1CC(=C=C1CCCCC1)c1ccccc1. The normalized spacial score (nSPS) is 18.7. The molecule has 0 bridgehead atoms. The molecule has 1 heterocycles. The van der Waals surface area contributed by atoms with Crippen molar-refractivity contribution in [1.29, 1.82) is 0 Å². The molecule has 3 nitrogen and oxygen atoms in total. The standard InChI is InChI=1S/C27H30N2O/c1-20-13-15-24(16-14-20)27-19-26(29(28-27)21(2)30)18-25(23-11-7-4-8-12-23)17-22-9-5-3-6-10-22/h4,7-8,11-16,26H,3,5-6,9-10,18-19H2,1-2H3. The van der Waals surface area contributed by atoms with Gasteiger partial charge in [0.15, 0.2) is 0 Å². The third kappa shape index (κ3) is 4.80. The number of rotatable bonds is 4. The molecule has 1 atom stereocenters. The van der Waals surface area contributed by atoms with Gasteiger partial charge in [-0.05, 0) is 49.3 Å². The molecule has 1 fully saturated rings. The topological polar surface area (TPSA) is 32.7 Å². The van der Waals surface area contributed by atoms with E-state index >= 15 is 0 Å². The third-order valence-electron chi connectivity index (χ3n) is 6.06. The van der Waals surface area contributed by atoms with Gasteiger partial charge in [0.05, 0.1) is 11.8 Å². The van der Waals surface area contributed by atoms with E-state index in [0.29, 0.717) is 0 Å². The maximum absolute atomic E-state index is 12.4. The van der Waals surface area contributed by atoms with Gasteiger partial charge in [-0.15, -0.1) is 5.73 Å². The number of carbonyl (C=O) groups excluding carboxylic acids is 1. The molecule has 3 heteroatoms. The lowest BCUT2D eigenvalue weighted by molar-refractivity contribution is -0.130. The predicted octanol–water partition coefficient (Wildman–Crippen LogP) is 6.28. The Hall–Kier alpha value is -2.90. The van der Waals surface area contributed by atoms with Crippen molar-refractivity contribution in [1.82, 2.24) is 5.01 Å². The van der Waals surface area contributed by atoms with E-state index in [1.165, 1.54) is 41.5 Å². The van der Waals surface area contributed by atoms with Crippen LogP contribution < -0.4 is 0 Å². The van der Waals surface area contributed by atoms with Crippen LogP contribution in [0, 0.1) is 6.92 Å². The minimum absolute atomic E-state index is 0.000146. The van der Waals surface area contributed by atoms with Crippen LogP contribution in [-0.2, 0) is 4.79 Å². The molecule has 2 aromatic rings. The van der Waals surface area contributed by atoms with Gasteiger partial charge in [0.2, 0.25) is 5.91 Å². The van der Waals surface area contributed by atoms with Crippen molar-refractivity contribution >= 4 is 17.2 Å². The van der Waals surface area contributed by atoms with Crippen molar-refractivity contribution in [3.8, 4) is 0 Å². The molecule has 0 spiro atoms. The van der Waals surface area contributed by atoms with Gasteiger partial charge in [0, 0.05) is 25.3 Å². The Bertz CT molecular complexity index is 987. The van der Waals surface area contributed by atoms with E-state index in [9.17, 15) is 4.79 Å². The summed E-state index contributed by atoms with van der Waals surface area (Å²) < 4.78 is 0. The number of benzene rings is 2. The number of nitrogens with zero attached hydrogens (tertiary/aromatic N) is 2. The first-order valence-corrected chi connectivity index (χ1v) is 11.1. The van der Waals surface area contributed by atoms with Crippen LogP contribution in [0.4, 0.5) is 0 Å². The van der Waals surface area contributed by atoms with E-state index in [1.807, 2.05) is 6.07 Å². The van der Waals surface area contributed by atoms with Gasteiger partial charge in [-0.1, -0.05) is 66.6 Å². The summed E-state index contributed by atoms with van der Waals surface area (Å²) in [5.74, 6) is -0.000146. The minimum atomic E-state index is -0.000146. The number of carbonyl (C=O) groups is 1. The molecular weight excluding hydrogens is 368 g/mol. The molecule has 1 saturated carbocycles. The highest BCUT2D eigenvalue weighted by Crippen LogP contribution is 2.31. The van der Waals surface area contributed by atoms with Gasteiger partial charge in [0.25, 0.3) is 0 Å². The summed E-state index contributed by atoms with van der Waals surface area (Å²) in [6, 6.07) is 19.0. The average molecular weight is 399 g/mol. The molecule has 1 aliphatic carbocycles. The summed E-state index contributed by atoms with van der Waals surface area (Å²) in [6.45, 7) is 3.70. The first kappa shape index (κ1) is 20.4. The number of aryl methyl sites for hydroxylation is 1. The van der Waals surface area contributed by atoms with Crippen LogP contribution in [0.25, 0.3) is 5.57 Å². The summed E-state index contributed by atoms with van der Waals surface area (Å²) in [6.07, 6.45) is 7.66. The zero-order valence-electron chi connectivity index (χ0n) is 18.0. The maximum Gasteiger partial charge on any atom is 0.239 e. The van der Waals surface area contributed by atoms with E-state index in [4.69, 9.17) is 5.10 Å². The zero-order chi connectivity index (χ0) is 20.9. The Balaban J connectivity index is 1.64. The van der Waals surface area contributed by atoms with Crippen LogP contribution in [0.2, 0.25) is 0 Å². The lowest BCUT2D eigenvalue weighted by Crippen LogP contribution is -2.31. The smallest absolute Gasteiger partial charge is 0.239 e. The highest BCUT2D eigenvalue weighted by Gasteiger charge is 2.31. The van der Waals surface area contributed by atoms with Gasteiger partial charge in [-0.25, -0.2) is 5.01 Å². The fourth-order valence-electron chi connectivity index (χ4n) is 4.40. The van der Waals surface area contributed by atoms with Crippen LogP contribution in [0.3, 0.4) is 0 Å². The Labute approximate surface area is 179 Å². The molecule has 2 aromatic carbocycles. The quantitative estimate of drug-likeness (QED) is 0.558. The van der Waals surface area contributed by atoms with E-state index in [-0.39, 0.29) is 11.9 Å². The average Bonchev–Trinajstić information content (AvgIpc) is 3.19. The molecule has 1 amide bonds. The predicted molar refractivity (Wildman–Crippen MR) is 123 cm³/mol. The molecular formula is C27H30N2O.